The van der Waals surface area contributed by atoms with E-state index >= 15 is 0 Å². The summed E-state index contributed by atoms with van der Waals surface area (Å²) in [6.45, 7) is 1.81. The van der Waals surface area contributed by atoms with Crippen LogP contribution in [-0.2, 0) is 4.79 Å². The number of ketones is 1. The predicted octanol–water partition coefficient (Wildman–Crippen LogP) is 0.702. The van der Waals surface area contributed by atoms with Gasteiger partial charge in [0, 0.05) is 13.0 Å². The maximum atomic E-state index is 10.9. The molecule has 0 unspecified atom stereocenters. The van der Waals surface area contributed by atoms with Crippen molar-refractivity contribution in [3.63, 3.8) is 0 Å². The zero-order valence-corrected chi connectivity index (χ0v) is 6.78. The molecule has 0 aromatic heterocycles. The summed E-state index contributed by atoms with van der Waals surface area (Å²) >= 11 is 3.31. The lowest BCUT2D eigenvalue weighted by molar-refractivity contribution is -0.118. The number of hydrogen-bond donors (Lipinski definition) is 1. The third-order valence-corrected chi connectivity index (χ3v) is 2.44. The normalized spacial score (nSPS) is 29.9. The molecule has 0 radical (unpaired) electrons. The van der Waals surface area contributed by atoms with Gasteiger partial charge < -0.3 is 5.32 Å². The Morgan fingerprint density at radius 2 is 2.33 bits per heavy atom. The third-order valence-electron chi connectivity index (χ3n) is 1.47. The molecule has 2 nitrogen and oxygen atoms in total. The van der Waals surface area contributed by atoms with E-state index < -0.39 is 0 Å². The Morgan fingerprint density at radius 1 is 1.56 bits per heavy atom. The minimum atomic E-state index is 0.104. The van der Waals surface area contributed by atoms with Gasteiger partial charge in [-0.1, -0.05) is 15.9 Å². The number of nitrogens with one attached hydrogen (secondary N) is 1. The lowest BCUT2D eigenvalue weighted by Gasteiger charge is -1.99. The number of alkyl halides is 1. The zero-order valence-electron chi connectivity index (χ0n) is 5.19. The lowest BCUT2D eigenvalue weighted by Crippen LogP contribution is -2.13. The molecule has 0 aliphatic carbocycles. The summed E-state index contributed by atoms with van der Waals surface area (Å²) in [7, 11) is 0. The third kappa shape index (κ3) is 2.06. The molecule has 0 spiro atoms. The summed E-state index contributed by atoms with van der Waals surface area (Å²) in [6, 6.07) is 0. The van der Waals surface area contributed by atoms with Crippen LogP contribution < -0.4 is 5.32 Å². The number of rotatable bonds is 0. The maximum absolute atomic E-state index is 10.9. The molecule has 1 aliphatic rings. The van der Waals surface area contributed by atoms with Crippen LogP contribution in [0.25, 0.3) is 0 Å². The maximum Gasteiger partial charge on any atom is 0.147 e. The Labute approximate surface area is 63.1 Å². The van der Waals surface area contributed by atoms with Crippen LogP contribution in [0.15, 0.2) is 0 Å². The highest BCUT2D eigenvalue weighted by molar-refractivity contribution is 9.10. The van der Waals surface area contributed by atoms with Crippen molar-refractivity contribution in [1.29, 1.82) is 0 Å². The van der Waals surface area contributed by atoms with Crippen molar-refractivity contribution in [2.45, 2.75) is 17.7 Å². The zero-order chi connectivity index (χ0) is 6.69. The van der Waals surface area contributed by atoms with Crippen molar-refractivity contribution >= 4 is 21.7 Å². The van der Waals surface area contributed by atoms with Gasteiger partial charge >= 0.3 is 0 Å². The van der Waals surface area contributed by atoms with E-state index in [1.165, 1.54) is 0 Å². The average Bonchev–Trinajstić information content (AvgIpc) is 1.99. The van der Waals surface area contributed by atoms with Crippen LogP contribution in [-0.4, -0.2) is 23.7 Å². The van der Waals surface area contributed by atoms with Gasteiger partial charge in [0.05, 0.1) is 4.83 Å². The highest BCUT2D eigenvalue weighted by Gasteiger charge is 2.16. The van der Waals surface area contributed by atoms with Crippen molar-refractivity contribution in [3.05, 3.63) is 0 Å². The molecule has 1 aliphatic heterocycles. The van der Waals surface area contributed by atoms with Crippen molar-refractivity contribution in [2.24, 2.45) is 0 Å². The summed E-state index contributed by atoms with van der Waals surface area (Å²) in [6.07, 6.45) is 1.61. The van der Waals surface area contributed by atoms with E-state index in [-0.39, 0.29) is 4.83 Å². The molecule has 3 heteroatoms. The second-order valence-electron chi connectivity index (χ2n) is 2.22. The van der Waals surface area contributed by atoms with Crippen molar-refractivity contribution in [2.75, 3.05) is 13.1 Å². The monoisotopic (exact) mass is 191 g/mol. The number of Topliss-reactive ketones (excluding diaryl/α,β-unsaturated/α-hetero) is 1. The molecule has 9 heavy (non-hydrogen) atoms. The Hall–Kier alpha value is 0.110. The molecule has 1 atom stereocenters. The molecule has 1 rings (SSSR count). The number of carbonyl (C=O) groups excluding carboxylic acids is 1. The Balaban J connectivity index is 2.41. The van der Waals surface area contributed by atoms with Gasteiger partial charge in [0.1, 0.15) is 5.78 Å². The van der Waals surface area contributed by atoms with Gasteiger partial charge in [-0.2, -0.15) is 0 Å². The molecule has 0 aromatic carbocycles. The summed E-state index contributed by atoms with van der Waals surface area (Å²) < 4.78 is 0. The van der Waals surface area contributed by atoms with Gasteiger partial charge in [-0.25, -0.2) is 0 Å². The number of carbonyl (C=O) groups is 1. The van der Waals surface area contributed by atoms with Crippen molar-refractivity contribution in [3.8, 4) is 0 Å². The summed E-state index contributed by atoms with van der Waals surface area (Å²) in [5.41, 5.74) is 0. The fourth-order valence-corrected chi connectivity index (χ4v) is 1.34. The van der Waals surface area contributed by atoms with Gasteiger partial charge in [0.15, 0.2) is 0 Å². The van der Waals surface area contributed by atoms with Crippen LogP contribution in [0.1, 0.15) is 12.8 Å². The smallest absolute Gasteiger partial charge is 0.147 e. The quantitative estimate of drug-likeness (QED) is 0.572. The molecule has 52 valence electrons. The molecular weight excluding hydrogens is 182 g/mol. The number of hydrogen-bond acceptors (Lipinski definition) is 2. The molecule has 0 bridgehead atoms. The van der Waals surface area contributed by atoms with Crippen molar-refractivity contribution < 1.29 is 4.79 Å². The van der Waals surface area contributed by atoms with E-state index in [1.807, 2.05) is 0 Å². The summed E-state index contributed by atoms with van der Waals surface area (Å²) in [4.78, 5) is 11.0. The van der Waals surface area contributed by atoms with E-state index in [2.05, 4.69) is 21.2 Å². The molecule has 0 aromatic rings. The van der Waals surface area contributed by atoms with Crippen molar-refractivity contribution in [1.82, 2.24) is 5.32 Å². The molecule has 1 fully saturated rings. The first-order valence-electron chi connectivity index (χ1n) is 3.18. The van der Waals surface area contributed by atoms with E-state index in [1.54, 1.807) is 0 Å². The van der Waals surface area contributed by atoms with E-state index in [0.717, 1.165) is 19.5 Å². The summed E-state index contributed by atoms with van der Waals surface area (Å²) in [5, 5.41) is 3.16. The average molecular weight is 192 g/mol. The van der Waals surface area contributed by atoms with Gasteiger partial charge in [0.2, 0.25) is 0 Å². The van der Waals surface area contributed by atoms with Crippen LogP contribution in [0.5, 0.6) is 0 Å². The van der Waals surface area contributed by atoms with Gasteiger partial charge in [-0.3, -0.25) is 4.79 Å². The second kappa shape index (κ2) is 3.32. The highest BCUT2D eigenvalue weighted by atomic mass is 79.9. The van der Waals surface area contributed by atoms with E-state index in [9.17, 15) is 4.79 Å². The Kier molecular flexibility index (Phi) is 2.66. The predicted molar refractivity (Wildman–Crippen MR) is 39.8 cm³/mol. The first-order chi connectivity index (χ1) is 4.30. The minimum absolute atomic E-state index is 0.104. The van der Waals surface area contributed by atoms with Crippen LogP contribution in [0.2, 0.25) is 0 Å². The first-order valence-corrected chi connectivity index (χ1v) is 4.10. The molecule has 0 amide bonds. The van der Waals surface area contributed by atoms with Crippen LogP contribution in [0.3, 0.4) is 0 Å². The molecule has 1 saturated heterocycles. The SMILES string of the molecule is O=C1CCNCC[C@H]1Br. The Morgan fingerprint density at radius 3 is 3.11 bits per heavy atom. The highest BCUT2D eigenvalue weighted by Crippen LogP contribution is 2.09. The molecule has 1 heterocycles. The standard InChI is InChI=1S/C6H10BrNO/c7-5-1-3-8-4-2-6(5)9/h5,8H,1-4H2/t5-/m1/s1. The topological polar surface area (TPSA) is 29.1 Å². The van der Waals surface area contributed by atoms with Crippen LogP contribution >= 0.6 is 15.9 Å². The fraction of sp³-hybridized carbons (Fsp3) is 0.833. The van der Waals surface area contributed by atoms with E-state index in [4.69, 9.17) is 0 Å². The lowest BCUT2D eigenvalue weighted by atomic mass is 10.2. The van der Waals surface area contributed by atoms with Crippen LogP contribution in [0, 0.1) is 0 Å². The minimum Gasteiger partial charge on any atom is -0.316 e. The first kappa shape index (κ1) is 7.22. The van der Waals surface area contributed by atoms with E-state index in [0.29, 0.717) is 12.2 Å². The molecule has 0 saturated carbocycles. The summed E-state index contributed by atoms with van der Waals surface area (Å²) in [5.74, 6) is 0.333. The fourth-order valence-electron chi connectivity index (χ4n) is 0.883. The van der Waals surface area contributed by atoms with Gasteiger partial charge in [-0.05, 0) is 13.0 Å². The molecule has 1 N–H and O–H groups in total. The second-order valence-corrected chi connectivity index (χ2v) is 3.33. The van der Waals surface area contributed by atoms with Crippen LogP contribution in [0.4, 0.5) is 0 Å². The number of halogens is 1. The molecular formula is C6H10BrNO. The Bertz CT molecular complexity index is 116. The van der Waals surface area contributed by atoms with Gasteiger partial charge in [0.25, 0.3) is 0 Å². The van der Waals surface area contributed by atoms with Gasteiger partial charge in [-0.15, -0.1) is 0 Å². The largest absolute Gasteiger partial charge is 0.316 e.